The minimum Gasteiger partial charge on any atom is -0.330 e. The van der Waals surface area contributed by atoms with E-state index in [0.29, 0.717) is 12.0 Å². The fourth-order valence-corrected chi connectivity index (χ4v) is 2.54. The Labute approximate surface area is 116 Å². The zero-order chi connectivity index (χ0) is 13.8. The first-order chi connectivity index (χ1) is 9.11. The van der Waals surface area contributed by atoms with Gasteiger partial charge in [-0.25, -0.2) is 0 Å². The summed E-state index contributed by atoms with van der Waals surface area (Å²) in [6.45, 7) is 2.97. The maximum atomic E-state index is 5.77. The van der Waals surface area contributed by atoms with Gasteiger partial charge in [-0.1, -0.05) is 43.3 Å². The third-order valence-electron chi connectivity index (χ3n) is 3.81. The average molecular weight is 256 g/mol. The molecule has 2 aromatic rings. The van der Waals surface area contributed by atoms with E-state index in [2.05, 4.69) is 68.4 Å². The van der Waals surface area contributed by atoms with Crippen LogP contribution in [0.1, 0.15) is 24.9 Å². The lowest BCUT2D eigenvalue weighted by atomic mass is 9.93. The number of rotatable bonds is 5. The number of nitrogens with two attached hydrogens (primary N) is 1. The highest BCUT2D eigenvalue weighted by Crippen LogP contribution is 2.28. The summed E-state index contributed by atoms with van der Waals surface area (Å²) >= 11 is 0. The molecule has 19 heavy (non-hydrogen) atoms. The third kappa shape index (κ3) is 3.34. The molecule has 2 rings (SSSR count). The molecule has 0 heterocycles. The lowest BCUT2D eigenvalue weighted by molar-refractivity contribution is 0.255. The molecule has 0 amide bonds. The lowest BCUT2D eigenvalue weighted by Crippen LogP contribution is -2.24. The van der Waals surface area contributed by atoms with E-state index < -0.39 is 0 Å². The van der Waals surface area contributed by atoms with Crippen LogP contribution in [0.15, 0.2) is 42.5 Å². The first-order valence-electron chi connectivity index (χ1n) is 6.97. The molecule has 2 atom stereocenters. The fourth-order valence-electron chi connectivity index (χ4n) is 2.54. The lowest BCUT2D eigenvalue weighted by Gasteiger charge is -2.27. The van der Waals surface area contributed by atoms with Gasteiger partial charge in [0.05, 0.1) is 0 Å². The highest BCUT2D eigenvalue weighted by molar-refractivity contribution is 5.83. The SMILES string of the molecule is CC(CN)CC(c1ccc2ccccc2c1)N(C)C. The van der Waals surface area contributed by atoms with Gasteiger partial charge in [0.1, 0.15) is 0 Å². The van der Waals surface area contributed by atoms with Crippen molar-refractivity contribution in [2.75, 3.05) is 20.6 Å². The van der Waals surface area contributed by atoms with Gasteiger partial charge in [0.2, 0.25) is 0 Å². The minimum absolute atomic E-state index is 0.433. The van der Waals surface area contributed by atoms with Crippen LogP contribution < -0.4 is 5.73 Å². The van der Waals surface area contributed by atoms with Crippen LogP contribution in [0.25, 0.3) is 10.8 Å². The molecular formula is C17H24N2. The first kappa shape index (κ1) is 14.0. The molecular weight excluding hydrogens is 232 g/mol. The van der Waals surface area contributed by atoms with E-state index >= 15 is 0 Å². The van der Waals surface area contributed by atoms with Crippen molar-refractivity contribution >= 4 is 10.8 Å². The standard InChI is InChI=1S/C17H24N2/c1-13(12-18)10-17(19(2)3)16-9-8-14-6-4-5-7-15(14)11-16/h4-9,11,13,17H,10,12,18H2,1-3H3. The van der Waals surface area contributed by atoms with E-state index in [1.807, 2.05) is 0 Å². The Morgan fingerprint density at radius 2 is 1.74 bits per heavy atom. The number of nitrogens with zero attached hydrogens (tertiary/aromatic N) is 1. The van der Waals surface area contributed by atoms with Crippen LogP contribution in [0.3, 0.4) is 0 Å². The minimum atomic E-state index is 0.433. The molecule has 0 radical (unpaired) electrons. The van der Waals surface area contributed by atoms with Gasteiger partial charge in [0, 0.05) is 6.04 Å². The largest absolute Gasteiger partial charge is 0.330 e. The average Bonchev–Trinajstić information content (AvgIpc) is 2.43. The summed E-state index contributed by atoms with van der Waals surface area (Å²) in [4.78, 5) is 2.29. The van der Waals surface area contributed by atoms with Crippen molar-refractivity contribution in [3.63, 3.8) is 0 Å². The van der Waals surface area contributed by atoms with Crippen molar-refractivity contribution in [3.05, 3.63) is 48.0 Å². The van der Waals surface area contributed by atoms with Gasteiger partial charge < -0.3 is 10.6 Å². The van der Waals surface area contributed by atoms with Crippen molar-refractivity contribution in [2.45, 2.75) is 19.4 Å². The Balaban J connectivity index is 2.33. The molecule has 0 aliphatic carbocycles. The Bertz CT molecular complexity index is 534. The molecule has 2 aromatic carbocycles. The van der Waals surface area contributed by atoms with Crippen LogP contribution in [-0.4, -0.2) is 25.5 Å². The summed E-state index contributed by atoms with van der Waals surface area (Å²) in [7, 11) is 4.28. The Hall–Kier alpha value is -1.38. The molecule has 0 saturated heterocycles. The van der Waals surface area contributed by atoms with Crippen molar-refractivity contribution in [1.29, 1.82) is 0 Å². The second kappa shape index (κ2) is 6.18. The summed E-state index contributed by atoms with van der Waals surface area (Å²) in [6.07, 6.45) is 1.10. The number of hydrogen-bond acceptors (Lipinski definition) is 2. The molecule has 0 aliphatic rings. The molecule has 2 nitrogen and oxygen atoms in total. The van der Waals surface area contributed by atoms with Crippen LogP contribution in [0.2, 0.25) is 0 Å². The Morgan fingerprint density at radius 1 is 1.05 bits per heavy atom. The summed E-state index contributed by atoms with van der Waals surface area (Å²) in [5.74, 6) is 0.541. The highest BCUT2D eigenvalue weighted by Gasteiger charge is 2.17. The molecule has 0 fully saturated rings. The van der Waals surface area contributed by atoms with E-state index in [4.69, 9.17) is 5.73 Å². The van der Waals surface area contributed by atoms with Gasteiger partial charge in [0.25, 0.3) is 0 Å². The summed E-state index contributed by atoms with van der Waals surface area (Å²) in [5.41, 5.74) is 7.15. The quantitative estimate of drug-likeness (QED) is 0.888. The van der Waals surface area contributed by atoms with E-state index in [9.17, 15) is 0 Å². The molecule has 2 N–H and O–H groups in total. The van der Waals surface area contributed by atoms with Crippen LogP contribution in [0, 0.1) is 5.92 Å². The van der Waals surface area contributed by atoms with Gasteiger partial charge in [-0.2, -0.15) is 0 Å². The Morgan fingerprint density at radius 3 is 2.37 bits per heavy atom. The van der Waals surface area contributed by atoms with Crippen molar-refractivity contribution in [2.24, 2.45) is 11.7 Å². The van der Waals surface area contributed by atoms with Gasteiger partial charge in [-0.05, 0) is 55.4 Å². The smallest absolute Gasteiger partial charge is 0.0345 e. The summed E-state index contributed by atoms with van der Waals surface area (Å²) < 4.78 is 0. The fraction of sp³-hybridized carbons (Fsp3) is 0.412. The maximum absolute atomic E-state index is 5.77. The molecule has 0 saturated carbocycles. The van der Waals surface area contributed by atoms with E-state index in [1.54, 1.807) is 0 Å². The zero-order valence-electron chi connectivity index (χ0n) is 12.1. The monoisotopic (exact) mass is 256 g/mol. The van der Waals surface area contributed by atoms with Gasteiger partial charge in [-0.15, -0.1) is 0 Å². The van der Waals surface area contributed by atoms with Crippen molar-refractivity contribution in [3.8, 4) is 0 Å². The molecule has 0 bridgehead atoms. The van der Waals surface area contributed by atoms with Gasteiger partial charge in [0.15, 0.2) is 0 Å². The normalized spacial score (nSPS) is 14.8. The highest BCUT2D eigenvalue weighted by atomic mass is 15.1. The molecule has 0 aliphatic heterocycles. The van der Waals surface area contributed by atoms with E-state index in [-0.39, 0.29) is 0 Å². The predicted octanol–water partition coefficient (Wildman–Crippen LogP) is 3.43. The molecule has 0 spiro atoms. The summed E-state index contributed by atoms with van der Waals surface area (Å²) in [6, 6.07) is 15.7. The van der Waals surface area contributed by atoms with Crippen molar-refractivity contribution in [1.82, 2.24) is 4.90 Å². The zero-order valence-corrected chi connectivity index (χ0v) is 12.1. The maximum Gasteiger partial charge on any atom is 0.0345 e. The predicted molar refractivity (Wildman–Crippen MR) is 83.2 cm³/mol. The molecule has 102 valence electrons. The molecule has 2 heteroatoms. The third-order valence-corrected chi connectivity index (χ3v) is 3.81. The van der Waals surface area contributed by atoms with Crippen LogP contribution in [0.5, 0.6) is 0 Å². The first-order valence-corrected chi connectivity index (χ1v) is 6.97. The molecule has 2 unspecified atom stereocenters. The second-order valence-corrected chi connectivity index (χ2v) is 5.66. The van der Waals surface area contributed by atoms with Gasteiger partial charge in [-0.3, -0.25) is 0 Å². The number of fused-ring (bicyclic) bond motifs is 1. The number of benzene rings is 2. The summed E-state index contributed by atoms with van der Waals surface area (Å²) in [5, 5.41) is 2.61. The van der Waals surface area contributed by atoms with Gasteiger partial charge >= 0.3 is 0 Å². The Kier molecular flexibility index (Phi) is 4.56. The topological polar surface area (TPSA) is 29.3 Å². The van der Waals surface area contributed by atoms with E-state index in [1.165, 1.54) is 16.3 Å². The van der Waals surface area contributed by atoms with Crippen LogP contribution >= 0.6 is 0 Å². The van der Waals surface area contributed by atoms with Crippen molar-refractivity contribution < 1.29 is 0 Å². The van der Waals surface area contributed by atoms with E-state index in [0.717, 1.165) is 13.0 Å². The van der Waals surface area contributed by atoms with Crippen LogP contribution in [-0.2, 0) is 0 Å². The second-order valence-electron chi connectivity index (χ2n) is 5.66. The molecule has 0 aromatic heterocycles. The number of hydrogen-bond donors (Lipinski definition) is 1. The van der Waals surface area contributed by atoms with Crippen LogP contribution in [0.4, 0.5) is 0 Å².